The zero-order valence-electron chi connectivity index (χ0n) is 21.0. The van der Waals surface area contributed by atoms with Crippen LogP contribution >= 0.6 is 0 Å². The van der Waals surface area contributed by atoms with E-state index in [0.29, 0.717) is 19.7 Å². The van der Waals surface area contributed by atoms with E-state index in [0.717, 1.165) is 42.9 Å². The topological polar surface area (TPSA) is 59.4 Å². The third-order valence-electron chi connectivity index (χ3n) is 6.60. The summed E-state index contributed by atoms with van der Waals surface area (Å²) in [7, 11) is 0. The summed E-state index contributed by atoms with van der Waals surface area (Å²) < 4.78 is 21.7. The van der Waals surface area contributed by atoms with Crippen molar-refractivity contribution < 1.29 is 13.9 Å². The summed E-state index contributed by atoms with van der Waals surface area (Å²) in [6.45, 7) is 8.65. The number of allylic oxidation sites excluding steroid dienone is 4. The highest BCUT2D eigenvalue weighted by Gasteiger charge is 2.40. The maximum absolute atomic E-state index is 13.9. The molecule has 188 valence electrons. The number of nitrogens with one attached hydrogen (secondary N) is 1. The van der Waals surface area contributed by atoms with Gasteiger partial charge < -0.3 is 19.5 Å². The standard InChI is InChI=1S/C28H37FN4O2/c1-4-5-6-7-9-20(2)27-31-25(19-32(27)18-22-10-8-11-23(29)16-22)21(3)33(24-12-13-24)28(34)26-17-30-14-15-35-26/h5-11,16,19-21,24,26,30H,4,12-15,17-18H2,1-3H3/b6-5-,9-7-/t20?,21-,26-/m1/s1. The van der Waals surface area contributed by atoms with Crippen molar-refractivity contribution in [3.05, 3.63) is 77.7 Å². The van der Waals surface area contributed by atoms with E-state index in [2.05, 4.69) is 42.8 Å². The van der Waals surface area contributed by atoms with Crippen molar-refractivity contribution in [1.29, 1.82) is 0 Å². The summed E-state index contributed by atoms with van der Waals surface area (Å²) in [6, 6.07) is 6.73. The zero-order chi connectivity index (χ0) is 24.8. The molecule has 3 atom stereocenters. The van der Waals surface area contributed by atoms with E-state index >= 15 is 0 Å². The number of benzene rings is 1. The molecule has 2 heterocycles. The van der Waals surface area contributed by atoms with Gasteiger partial charge >= 0.3 is 0 Å². The first-order valence-electron chi connectivity index (χ1n) is 12.8. The lowest BCUT2D eigenvalue weighted by atomic mass is 10.1. The van der Waals surface area contributed by atoms with Crippen LogP contribution in [0.3, 0.4) is 0 Å². The van der Waals surface area contributed by atoms with E-state index < -0.39 is 6.10 Å². The number of carbonyl (C=O) groups excluding carboxylic acids is 1. The molecule has 2 fully saturated rings. The van der Waals surface area contributed by atoms with E-state index in [9.17, 15) is 9.18 Å². The number of carbonyl (C=O) groups is 1. The van der Waals surface area contributed by atoms with Gasteiger partial charge in [-0.05, 0) is 43.9 Å². The van der Waals surface area contributed by atoms with Gasteiger partial charge in [-0.15, -0.1) is 0 Å². The SMILES string of the molecule is CC/C=C\C=C/C(C)c1nc([C@@H](C)N(C(=O)[C@H]2CNCCO2)C2CC2)cn1Cc1cccc(F)c1. The van der Waals surface area contributed by atoms with Crippen LogP contribution in [0.4, 0.5) is 4.39 Å². The van der Waals surface area contributed by atoms with Crippen molar-refractivity contribution in [3.63, 3.8) is 0 Å². The summed E-state index contributed by atoms with van der Waals surface area (Å²) >= 11 is 0. The summed E-state index contributed by atoms with van der Waals surface area (Å²) in [5, 5.41) is 3.26. The number of nitrogens with zero attached hydrogens (tertiary/aromatic N) is 3. The van der Waals surface area contributed by atoms with Crippen molar-refractivity contribution in [2.24, 2.45) is 0 Å². The molecule has 1 N–H and O–H groups in total. The lowest BCUT2D eigenvalue weighted by Gasteiger charge is -2.33. The van der Waals surface area contributed by atoms with E-state index in [1.807, 2.05) is 29.3 Å². The highest BCUT2D eigenvalue weighted by Crippen LogP contribution is 2.35. The Balaban J connectivity index is 1.62. The zero-order valence-corrected chi connectivity index (χ0v) is 21.0. The molecule has 4 rings (SSSR count). The maximum Gasteiger partial charge on any atom is 0.253 e. The van der Waals surface area contributed by atoms with Crippen molar-refractivity contribution in [3.8, 4) is 0 Å². The average Bonchev–Trinajstić information content (AvgIpc) is 3.60. The Kier molecular flexibility index (Phi) is 8.52. The molecule has 1 saturated heterocycles. The Morgan fingerprint density at radius 1 is 1.34 bits per heavy atom. The minimum atomic E-state index is -0.451. The Morgan fingerprint density at radius 2 is 2.17 bits per heavy atom. The van der Waals surface area contributed by atoms with E-state index in [1.54, 1.807) is 12.1 Å². The summed E-state index contributed by atoms with van der Waals surface area (Å²) in [5.41, 5.74) is 1.73. The Labute approximate surface area is 207 Å². The summed E-state index contributed by atoms with van der Waals surface area (Å²) in [5.74, 6) is 0.742. The van der Waals surface area contributed by atoms with Crippen LogP contribution in [0.2, 0.25) is 0 Å². The number of halogens is 1. The minimum Gasteiger partial charge on any atom is -0.366 e. The molecule has 1 unspecified atom stereocenters. The van der Waals surface area contributed by atoms with Gasteiger partial charge in [-0.1, -0.05) is 50.3 Å². The van der Waals surface area contributed by atoms with Crippen LogP contribution in [0.1, 0.15) is 69.1 Å². The monoisotopic (exact) mass is 480 g/mol. The van der Waals surface area contributed by atoms with E-state index in [1.165, 1.54) is 6.07 Å². The molecule has 1 aromatic heterocycles. The Bertz CT molecular complexity index is 1050. The highest BCUT2D eigenvalue weighted by molar-refractivity contribution is 5.82. The molecule has 1 aliphatic carbocycles. The van der Waals surface area contributed by atoms with Gasteiger partial charge in [0.1, 0.15) is 17.7 Å². The first-order chi connectivity index (χ1) is 17.0. The number of amides is 1. The fraction of sp³-hybridized carbons (Fsp3) is 0.500. The van der Waals surface area contributed by atoms with Gasteiger partial charge in [-0.25, -0.2) is 9.37 Å². The normalized spacial score (nSPS) is 20.4. The molecule has 35 heavy (non-hydrogen) atoms. The van der Waals surface area contributed by atoms with Crippen molar-refractivity contribution in [1.82, 2.24) is 19.8 Å². The van der Waals surface area contributed by atoms with Gasteiger partial charge in [0.15, 0.2) is 0 Å². The smallest absolute Gasteiger partial charge is 0.253 e. The largest absolute Gasteiger partial charge is 0.366 e. The maximum atomic E-state index is 13.9. The number of hydrogen-bond acceptors (Lipinski definition) is 4. The second kappa shape index (κ2) is 11.8. The fourth-order valence-electron chi connectivity index (χ4n) is 4.58. The number of hydrogen-bond donors (Lipinski definition) is 1. The van der Waals surface area contributed by atoms with Crippen molar-refractivity contribution in [2.45, 2.75) is 70.7 Å². The molecule has 2 aliphatic rings. The molecule has 2 aromatic rings. The second-order valence-electron chi connectivity index (χ2n) is 9.51. The van der Waals surface area contributed by atoms with E-state index in [4.69, 9.17) is 9.72 Å². The molecule has 0 bridgehead atoms. The molecule has 1 aliphatic heterocycles. The van der Waals surface area contributed by atoms with Crippen LogP contribution in [0.25, 0.3) is 0 Å². The Hall–Kier alpha value is -2.77. The quantitative estimate of drug-likeness (QED) is 0.499. The minimum absolute atomic E-state index is 0.0334. The number of imidazole rings is 1. The van der Waals surface area contributed by atoms with Gasteiger partial charge in [-0.2, -0.15) is 0 Å². The molecule has 6 nitrogen and oxygen atoms in total. The fourth-order valence-corrected chi connectivity index (χ4v) is 4.58. The molecule has 1 aromatic carbocycles. The lowest BCUT2D eigenvalue weighted by molar-refractivity contribution is -0.148. The summed E-state index contributed by atoms with van der Waals surface area (Å²) in [6.07, 6.45) is 12.9. The van der Waals surface area contributed by atoms with Crippen molar-refractivity contribution >= 4 is 5.91 Å². The van der Waals surface area contributed by atoms with Crippen LogP contribution < -0.4 is 5.32 Å². The first kappa shape index (κ1) is 25.3. The number of ether oxygens (including phenoxy) is 1. The first-order valence-corrected chi connectivity index (χ1v) is 12.8. The van der Waals surface area contributed by atoms with Gasteiger partial charge in [-0.3, -0.25) is 4.79 Å². The molecule has 0 radical (unpaired) electrons. The molecule has 1 saturated carbocycles. The lowest BCUT2D eigenvalue weighted by Crippen LogP contribution is -2.50. The molecule has 0 spiro atoms. The van der Waals surface area contributed by atoms with Gasteiger partial charge in [0.05, 0.1) is 18.3 Å². The molecular weight excluding hydrogens is 443 g/mol. The van der Waals surface area contributed by atoms with Crippen LogP contribution in [0.15, 0.2) is 54.8 Å². The second-order valence-corrected chi connectivity index (χ2v) is 9.51. The third kappa shape index (κ3) is 6.47. The predicted octanol–water partition coefficient (Wildman–Crippen LogP) is 4.74. The van der Waals surface area contributed by atoms with Gasteiger partial charge in [0.2, 0.25) is 0 Å². The van der Waals surface area contributed by atoms with Crippen LogP contribution in [0.5, 0.6) is 0 Å². The van der Waals surface area contributed by atoms with Crippen molar-refractivity contribution in [2.75, 3.05) is 19.7 Å². The Morgan fingerprint density at radius 3 is 2.86 bits per heavy atom. The van der Waals surface area contributed by atoms with Crippen LogP contribution in [0, 0.1) is 5.82 Å². The van der Waals surface area contributed by atoms with Crippen LogP contribution in [-0.2, 0) is 16.1 Å². The molecular formula is C28H37FN4O2. The van der Waals surface area contributed by atoms with Gasteiger partial charge in [0, 0.05) is 37.8 Å². The number of morpholine rings is 1. The van der Waals surface area contributed by atoms with Crippen LogP contribution in [-0.4, -0.2) is 52.2 Å². The average molecular weight is 481 g/mol. The molecule has 7 heteroatoms. The third-order valence-corrected chi connectivity index (χ3v) is 6.60. The highest BCUT2D eigenvalue weighted by atomic mass is 19.1. The summed E-state index contributed by atoms with van der Waals surface area (Å²) in [4.78, 5) is 20.4. The van der Waals surface area contributed by atoms with E-state index in [-0.39, 0.29) is 29.7 Å². The number of aromatic nitrogens is 2. The molecule has 1 amide bonds. The van der Waals surface area contributed by atoms with Gasteiger partial charge in [0.25, 0.3) is 5.91 Å². The predicted molar refractivity (Wildman–Crippen MR) is 136 cm³/mol. The number of rotatable bonds is 10.